The van der Waals surface area contributed by atoms with Crippen molar-refractivity contribution in [2.45, 2.75) is 13.0 Å². The van der Waals surface area contributed by atoms with E-state index < -0.39 is 6.09 Å². The Morgan fingerprint density at radius 1 is 1.08 bits per heavy atom. The number of hydrogen-bond acceptors (Lipinski definition) is 4. The minimum absolute atomic E-state index is 0.235. The van der Waals surface area contributed by atoms with Crippen molar-refractivity contribution in [1.29, 1.82) is 0 Å². The zero-order valence-corrected chi connectivity index (χ0v) is 14.0. The van der Waals surface area contributed by atoms with Crippen molar-refractivity contribution in [1.82, 2.24) is 10.6 Å². The highest BCUT2D eigenvalue weighted by molar-refractivity contribution is 6.05. The van der Waals surface area contributed by atoms with Crippen molar-refractivity contribution >= 4 is 17.7 Å². The Balaban J connectivity index is 2.07. The van der Waals surface area contributed by atoms with Gasteiger partial charge >= 0.3 is 6.09 Å². The second kappa shape index (κ2) is 7.09. The van der Waals surface area contributed by atoms with Gasteiger partial charge in [-0.2, -0.15) is 0 Å². The van der Waals surface area contributed by atoms with Gasteiger partial charge in [-0.1, -0.05) is 48.5 Å². The maximum atomic E-state index is 12.6. The van der Waals surface area contributed by atoms with E-state index in [0.29, 0.717) is 5.70 Å². The first-order valence-corrected chi connectivity index (χ1v) is 7.87. The third-order valence-corrected chi connectivity index (χ3v) is 4.02. The van der Waals surface area contributed by atoms with Crippen LogP contribution >= 0.6 is 0 Å². The summed E-state index contributed by atoms with van der Waals surface area (Å²) in [5.74, 6) is -0.320. The summed E-state index contributed by atoms with van der Waals surface area (Å²) in [4.78, 5) is 24.1. The van der Waals surface area contributed by atoms with Gasteiger partial charge in [0, 0.05) is 16.9 Å². The molecule has 0 bridgehead atoms. The van der Waals surface area contributed by atoms with Crippen LogP contribution in [-0.4, -0.2) is 19.1 Å². The second-order valence-electron chi connectivity index (χ2n) is 5.65. The lowest BCUT2D eigenvalue weighted by Gasteiger charge is -2.21. The molecule has 6 heteroatoms. The number of allylic oxidation sites excluding steroid dienone is 1. The Bertz CT molecular complexity index is 831. The Hall–Kier alpha value is -3.28. The van der Waals surface area contributed by atoms with Gasteiger partial charge in [-0.05, 0) is 18.6 Å². The van der Waals surface area contributed by atoms with Crippen molar-refractivity contribution in [2.24, 2.45) is 0 Å². The minimum Gasteiger partial charge on any atom is -0.453 e. The first-order chi connectivity index (χ1) is 12.1. The van der Waals surface area contributed by atoms with E-state index >= 15 is 0 Å². The normalized spacial score (nSPS) is 18.2. The summed E-state index contributed by atoms with van der Waals surface area (Å²) in [6.07, 6.45) is -0.627. The maximum Gasteiger partial charge on any atom is 0.411 e. The van der Waals surface area contributed by atoms with E-state index in [1.165, 1.54) is 7.11 Å². The summed E-state index contributed by atoms with van der Waals surface area (Å²) in [6.45, 7) is 1.65. The minimum atomic E-state index is -0.627. The van der Waals surface area contributed by atoms with E-state index in [4.69, 9.17) is 0 Å². The fourth-order valence-electron chi connectivity index (χ4n) is 2.79. The van der Waals surface area contributed by atoms with Crippen molar-refractivity contribution in [3.05, 3.63) is 77.1 Å². The molecule has 0 radical (unpaired) electrons. The molecule has 2 aromatic carbocycles. The number of alkyl carbamates (subject to hydrolysis) is 1. The lowest BCUT2D eigenvalue weighted by Crippen LogP contribution is -2.32. The molecule has 0 aliphatic carbocycles. The van der Waals surface area contributed by atoms with E-state index in [1.54, 1.807) is 6.92 Å². The molecule has 6 nitrogen and oxygen atoms in total. The summed E-state index contributed by atoms with van der Waals surface area (Å²) in [6, 6.07) is 17.2. The molecule has 1 aliphatic heterocycles. The van der Waals surface area contributed by atoms with Gasteiger partial charge in [-0.3, -0.25) is 10.1 Å². The number of benzene rings is 2. The number of carbonyl (C=O) groups is 2. The van der Waals surface area contributed by atoms with Crippen LogP contribution in [0.3, 0.4) is 0 Å². The van der Waals surface area contributed by atoms with Crippen molar-refractivity contribution in [3.8, 4) is 0 Å². The van der Waals surface area contributed by atoms with Crippen molar-refractivity contribution in [3.63, 3.8) is 0 Å². The Kier molecular flexibility index (Phi) is 4.70. The number of fused-ring (bicyclic) bond motifs is 1. The number of hydrogen-bond donors (Lipinski definition) is 3. The van der Waals surface area contributed by atoms with Crippen LogP contribution in [0, 0.1) is 0 Å². The third kappa shape index (κ3) is 3.47. The number of carbonyl (C=O) groups excluding carboxylic acids is 2. The number of amides is 2. The maximum absolute atomic E-state index is 12.6. The number of methoxy groups -OCH3 is 1. The van der Waals surface area contributed by atoms with Crippen LogP contribution in [0.2, 0.25) is 0 Å². The molecule has 0 saturated heterocycles. The topological polar surface area (TPSA) is 79.5 Å². The zero-order valence-electron chi connectivity index (χ0n) is 14.0. The number of rotatable bonds is 2. The number of anilines is 1. The average molecular weight is 337 g/mol. The average Bonchev–Trinajstić information content (AvgIpc) is 2.78. The molecule has 3 N–H and O–H groups in total. The second-order valence-corrected chi connectivity index (χ2v) is 5.65. The predicted octanol–water partition coefficient (Wildman–Crippen LogP) is 2.91. The molecule has 0 unspecified atom stereocenters. The lowest BCUT2D eigenvalue weighted by molar-refractivity contribution is -0.113. The fraction of sp³-hybridized carbons (Fsp3) is 0.158. The molecular weight excluding hydrogens is 318 g/mol. The summed E-state index contributed by atoms with van der Waals surface area (Å²) in [7, 11) is 1.27. The summed E-state index contributed by atoms with van der Waals surface area (Å²) < 4.78 is 4.61. The van der Waals surface area contributed by atoms with Gasteiger partial charge in [0.1, 0.15) is 5.70 Å². The Morgan fingerprint density at radius 2 is 1.76 bits per heavy atom. The first-order valence-electron chi connectivity index (χ1n) is 7.87. The molecule has 0 saturated carbocycles. The smallest absolute Gasteiger partial charge is 0.411 e. The number of ether oxygens (including phenoxy) is 1. The van der Waals surface area contributed by atoms with Gasteiger partial charge in [0.25, 0.3) is 5.91 Å². The fourth-order valence-corrected chi connectivity index (χ4v) is 2.79. The van der Waals surface area contributed by atoms with Gasteiger partial charge in [0.15, 0.2) is 0 Å². The summed E-state index contributed by atoms with van der Waals surface area (Å²) >= 11 is 0. The quantitative estimate of drug-likeness (QED) is 0.736. The molecule has 0 aromatic heterocycles. The van der Waals surface area contributed by atoms with Crippen LogP contribution in [0.25, 0.3) is 0 Å². The predicted molar refractivity (Wildman–Crippen MR) is 94.7 cm³/mol. The lowest BCUT2D eigenvalue weighted by atomic mass is 9.97. The highest BCUT2D eigenvalue weighted by atomic mass is 16.5. The molecule has 0 spiro atoms. The highest BCUT2D eigenvalue weighted by Crippen LogP contribution is 2.32. The molecule has 2 amide bonds. The number of para-hydroxylation sites is 1. The van der Waals surface area contributed by atoms with Gasteiger partial charge in [-0.25, -0.2) is 4.79 Å². The number of nitrogens with one attached hydrogen (secondary N) is 3. The Morgan fingerprint density at radius 3 is 2.48 bits per heavy atom. The van der Waals surface area contributed by atoms with Crippen molar-refractivity contribution < 1.29 is 14.3 Å². The van der Waals surface area contributed by atoms with E-state index in [9.17, 15) is 9.59 Å². The van der Waals surface area contributed by atoms with Crippen LogP contribution in [0.1, 0.15) is 24.1 Å². The SMILES string of the molecule is COC(=O)N/C(C)=C1/N[C@@H](c2ccccc2)c2ccccc2NC1=O. The summed E-state index contributed by atoms with van der Waals surface area (Å²) in [5, 5.41) is 8.71. The van der Waals surface area contributed by atoms with Gasteiger partial charge < -0.3 is 15.4 Å². The molecule has 1 atom stereocenters. The molecule has 1 heterocycles. The van der Waals surface area contributed by atoms with Gasteiger partial charge in [-0.15, -0.1) is 0 Å². The van der Waals surface area contributed by atoms with E-state index in [2.05, 4.69) is 20.7 Å². The molecule has 128 valence electrons. The van der Waals surface area contributed by atoms with Crippen LogP contribution in [-0.2, 0) is 9.53 Å². The third-order valence-electron chi connectivity index (χ3n) is 4.02. The summed E-state index contributed by atoms with van der Waals surface area (Å²) in [5.41, 5.74) is 3.36. The first kappa shape index (κ1) is 16.6. The van der Waals surface area contributed by atoms with Crippen molar-refractivity contribution in [2.75, 3.05) is 12.4 Å². The van der Waals surface area contributed by atoms with Crippen LogP contribution in [0.5, 0.6) is 0 Å². The van der Waals surface area contributed by atoms with E-state index in [0.717, 1.165) is 16.8 Å². The van der Waals surface area contributed by atoms with Crippen LogP contribution in [0.15, 0.2) is 66.0 Å². The Labute approximate surface area is 145 Å². The zero-order chi connectivity index (χ0) is 17.8. The standard InChI is InChI=1S/C19H19N3O3/c1-12(20-19(24)25-2)16-18(23)21-15-11-7-6-10-14(15)17(22-16)13-8-4-3-5-9-13/h3-11,17,22H,1-2H3,(H,20,24)(H,21,23)/b16-12+/t17-/m0/s1. The highest BCUT2D eigenvalue weighted by Gasteiger charge is 2.27. The van der Waals surface area contributed by atoms with Crippen LogP contribution in [0.4, 0.5) is 10.5 Å². The monoisotopic (exact) mass is 337 g/mol. The van der Waals surface area contributed by atoms with Gasteiger partial charge in [0.2, 0.25) is 0 Å². The van der Waals surface area contributed by atoms with Gasteiger partial charge in [0.05, 0.1) is 13.2 Å². The van der Waals surface area contributed by atoms with E-state index in [1.807, 2.05) is 54.6 Å². The molecule has 1 aliphatic rings. The molecule has 2 aromatic rings. The van der Waals surface area contributed by atoms with E-state index in [-0.39, 0.29) is 17.6 Å². The largest absolute Gasteiger partial charge is 0.453 e. The molecular formula is C19H19N3O3. The molecule has 25 heavy (non-hydrogen) atoms. The molecule has 0 fully saturated rings. The van der Waals surface area contributed by atoms with Crippen LogP contribution < -0.4 is 16.0 Å². The molecule has 3 rings (SSSR count).